The van der Waals surface area contributed by atoms with Gasteiger partial charge in [0.05, 0.1) is 22.0 Å². The van der Waals surface area contributed by atoms with Gasteiger partial charge >= 0.3 is 0 Å². The Labute approximate surface area is 121 Å². The molecule has 1 atom stereocenters. The Morgan fingerprint density at radius 2 is 2.16 bits per heavy atom. The van der Waals surface area contributed by atoms with Crippen LogP contribution in [0.2, 0.25) is 0 Å². The molecule has 0 aromatic carbocycles. The molecule has 19 heavy (non-hydrogen) atoms. The predicted octanol–water partition coefficient (Wildman–Crippen LogP) is 2.52. The third-order valence-electron chi connectivity index (χ3n) is 3.05. The van der Waals surface area contributed by atoms with E-state index in [1.165, 1.54) is 0 Å². The molecule has 2 heterocycles. The van der Waals surface area contributed by atoms with Crippen LogP contribution in [0.15, 0.2) is 28.9 Å². The van der Waals surface area contributed by atoms with E-state index in [0.717, 1.165) is 28.1 Å². The topological polar surface area (TPSA) is 50.9 Å². The molecule has 0 saturated carbocycles. The molecule has 4 nitrogen and oxygen atoms in total. The van der Waals surface area contributed by atoms with E-state index < -0.39 is 6.10 Å². The molecule has 0 amide bonds. The maximum absolute atomic E-state index is 10.2. The van der Waals surface area contributed by atoms with Crippen LogP contribution < -0.4 is 0 Å². The molecule has 0 saturated heterocycles. The number of halogens is 1. The quantitative estimate of drug-likeness (QED) is 0.919. The molecule has 2 aromatic heterocycles. The summed E-state index contributed by atoms with van der Waals surface area (Å²) in [5, 5.41) is 14.6. The first-order chi connectivity index (χ1) is 9.11. The van der Waals surface area contributed by atoms with E-state index >= 15 is 0 Å². The Morgan fingerprint density at radius 3 is 2.79 bits per heavy atom. The minimum Gasteiger partial charge on any atom is -0.392 e. The highest BCUT2D eigenvalue weighted by Gasteiger charge is 2.16. The van der Waals surface area contributed by atoms with E-state index in [9.17, 15) is 5.11 Å². The molecular weight excluding hydrogens is 306 g/mol. The van der Waals surface area contributed by atoms with Gasteiger partial charge in [0.15, 0.2) is 0 Å². The molecule has 5 heteroatoms. The molecule has 1 unspecified atom stereocenters. The van der Waals surface area contributed by atoms with Gasteiger partial charge in [0.1, 0.15) is 0 Å². The number of hydrogen-bond donors (Lipinski definition) is 1. The van der Waals surface area contributed by atoms with Gasteiger partial charge in [0, 0.05) is 31.3 Å². The van der Waals surface area contributed by atoms with Crippen molar-refractivity contribution in [2.45, 2.75) is 39.3 Å². The zero-order valence-electron chi connectivity index (χ0n) is 11.2. The molecule has 0 fully saturated rings. The first kappa shape index (κ1) is 14.2. The Morgan fingerprint density at radius 1 is 1.37 bits per heavy atom. The molecule has 0 aliphatic carbocycles. The lowest BCUT2D eigenvalue weighted by atomic mass is 10.1. The smallest absolute Gasteiger partial charge is 0.0738 e. The lowest BCUT2D eigenvalue weighted by Crippen LogP contribution is -2.17. The van der Waals surface area contributed by atoms with Crippen LogP contribution in [0.5, 0.6) is 0 Å². The molecule has 2 rings (SSSR count). The molecule has 0 aliphatic heterocycles. The highest BCUT2D eigenvalue weighted by Crippen LogP contribution is 2.22. The molecule has 1 N–H and O–H groups in total. The first-order valence-electron chi connectivity index (χ1n) is 6.41. The Bertz CT molecular complexity index is 539. The number of aliphatic hydroxyl groups is 1. The summed E-state index contributed by atoms with van der Waals surface area (Å²) in [6.07, 6.45) is 2.43. The van der Waals surface area contributed by atoms with Gasteiger partial charge in [-0.05, 0) is 41.9 Å². The number of aromatic nitrogens is 3. The van der Waals surface area contributed by atoms with Gasteiger partial charge in [0.2, 0.25) is 0 Å². The summed E-state index contributed by atoms with van der Waals surface area (Å²) in [6, 6.07) is 5.74. The lowest BCUT2D eigenvalue weighted by molar-refractivity contribution is 0.171. The average Bonchev–Trinajstić information content (AvgIpc) is 2.67. The summed E-state index contributed by atoms with van der Waals surface area (Å²) in [5.41, 5.74) is 2.91. The van der Waals surface area contributed by atoms with Gasteiger partial charge in [-0.3, -0.25) is 9.67 Å². The van der Waals surface area contributed by atoms with Gasteiger partial charge < -0.3 is 5.11 Å². The van der Waals surface area contributed by atoms with Crippen molar-refractivity contribution in [1.82, 2.24) is 14.8 Å². The number of hydrogen-bond acceptors (Lipinski definition) is 3. The summed E-state index contributed by atoms with van der Waals surface area (Å²) in [6.45, 7) is 4.82. The fourth-order valence-corrected chi connectivity index (χ4v) is 2.57. The number of aryl methyl sites for hydroxylation is 2. The monoisotopic (exact) mass is 323 g/mol. The molecule has 102 valence electrons. The van der Waals surface area contributed by atoms with E-state index in [2.05, 4.69) is 26.0 Å². The van der Waals surface area contributed by atoms with Crippen molar-refractivity contribution in [1.29, 1.82) is 0 Å². The molecule has 0 aliphatic rings. The van der Waals surface area contributed by atoms with E-state index in [1.807, 2.05) is 36.7 Å². The lowest BCUT2D eigenvalue weighted by Gasteiger charge is -2.11. The normalized spacial score (nSPS) is 12.6. The number of aliphatic hydroxyl groups excluding tert-OH is 1. The van der Waals surface area contributed by atoms with Crippen molar-refractivity contribution < 1.29 is 5.11 Å². The van der Waals surface area contributed by atoms with Gasteiger partial charge in [-0.15, -0.1) is 0 Å². The van der Waals surface area contributed by atoms with Crippen molar-refractivity contribution in [3.05, 3.63) is 46.0 Å². The van der Waals surface area contributed by atoms with Crippen LogP contribution >= 0.6 is 15.9 Å². The van der Waals surface area contributed by atoms with Crippen LogP contribution in [0.25, 0.3) is 0 Å². The SMILES string of the molecule is CCn1nc(C)c(Br)c1CC(O)Cc1ccccn1. The summed E-state index contributed by atoms with van der Waals surface area (Å²) >= 11 is 3.55. The summed E-state index contributed by atoms with van der Waals surface area (Å²) in [5.74, 6) is 0. The van der Waals surface area contributed by atoms with Crippen molar-refractivity contribution in [3.8, 4) is 0 Å². The largest absolute Gasteiger partial charge is 0.392 e. The minimum absolute atomic E-state index is 0.451. The first-order valence-corrected chi connectivity index (χ1v) is 7.20. The second kappa shape index (κ2) is 6.30. The Balaban J connectivity index is 2.09. The number of nitrogens with zero attached hydrogens (tertiary/aromatic N) is 3. The van der Waals surface area contributed by atoms with Gasteiger partial charge in [-0.25, -0.2) is 0 Å². The zero-order chi connectivity index (χ0) is 13.8. The van der Waals surface area contributed by atoms with Crippen LogP contribution in [0.4, 0.5) is 0 Å². The number of pyridine rings is 1. The van der Waals surface area contributed by atoms with Crippen molar-refractivity contribution in [3.63, 3.8) is 0 Å². The van der Waals surface area contributed by atoms with E-state index in [4.69, 9.17) is 0 Å². The maximum Gasteiger partial charge on any atom is 0.0738 e. The van der Waals surface area contributed by atoms with E-state index in [1.54, 1.807) is 6.20 Å². The van der Waals surface area contributed by atoms with E-state index in [0.29, 0.717) is 12.8 Å². The van der Waals surface area contributed by atoms with Crippen molar-refractivity contribution >= 4 is 15.9 Å². The highest BCUT2D eigenvalue weighted by molar-refractivity contribution is 9.10. The minimum atomic E-state index is -0.451. The van der Waals surface area contributed by atoms with Crippen LogP contribution in [-0.4, -0.2) is 26.0 Å². The second-order valence-electron chi connectivity index (χ2n) is 4.54. The third kappa shape index (κ3) is 3.42. The van der Waals surface area contributed by atoms with Crippen LogP contribution in [-0.2, 0) is 19.4 Å². The maximum atomic E-state index is 10.2. The fraction of sp³-hybridized carbons (Fsp3) is 0.429. The average molecular weight is 324 g/mol. The van der Waals surface area contributed by atoms with Crippen molar-refractivity contribution in [2.75, 3.05) is 0 Å². The van der Waals surface area contributed by atoms with Crippen molar-refractivity contribution in [2.24, 2.45) is 0 Å². The predicted molar refractivity (Wildman–Crippen MR) is 78.0 cm³/mol. The standard InChI is InChI=1S/C14H18BrN3O/c1-3-18-13(14(15)10(2)17-18)9-12(19)8-11-6-4-5-7-16-11/h4-7,12,19H,3,8-9H2,1-2H3. The summed E-state index contributed by atoms with van der Waals surface area (Å²) in [4.78, 5) is 4.24. The van der Waals surface area contributed by atoms with Crippen LogP contribution in [0, 0.1) is 6.92 Å². The molecule has 2 aromatic rings. The second-order valence-corrected chi connectivity index (χ2v) is 5.34. The summed E-state index contributed by atoms with van der Waals surface area (Å²) in [7, 11) is 0. The molecule has 0 bridgehead atoms. The Hall–Kier alpha value is -1.20. The highest BCUT2D eigenvalue weighted by atomic mass is 79.9. The van der Waals surface area contributed by atoms with Gasteiger partial charge in [-0.2, -0.15) is 5.10 Å². The van der Waals surface area contributed by atoms with Crippen LogP contribution in [0.1, 0.15) is 24.0 Å². The van der Waals surface area contributed by atoms with E-state index in [-0.39, 0.29) is 0 Å². The number of rotatable bonds is 5. The zero-order valence-corrected chi connectivity index (χ0v) is 12.8. The fourth-order valence-electron chi connectivity index (χ4n) is 2.12. The van der Waals surface area contributed by atoms with Gasteiger partial charge in [-0.1, -0.05) is 6.07 Å². The molecule has 0 spiro atoms. The van der Waals surface area contributed by atoms with Gasteiger partial charge in [0.25, 0.3) is 0 Å². The third-order valence-corrected chi connectivity index (χ3v) is 4.08. The molecule has 0 radical (unpaired) electrons. The summed E-state index contributed by atoms with van der Waals surface area (Å²) < 4.78 is 2.93. The molecular formula is C14H18BrN3O. The van der Waals surface area contributed by atoms with Crippen LogP contribution in [0.3, 0.4) is 0 Å². The Kier molecular flexibility index (Phi) is 4.71.